The van der Waals surface area contributed by atoms with Crippen LogP contribution < -0.4 is 4.90 Å². The number of thiophene rings is 1. The molecule has 3 aromatic heterocycles. The van der Waals surface area contributed by atoms with Crippen molar-refractivity contribution in [2.45, 2.75) is 71.3 Å². The molecule has 1 atom stereocenters. The van der Waals surface area contributed by atoms with Crippen LogP contribution in [0.5, 0.6) is 0 Å². The Balaban J connectivity index is 1.79. The van der Waals surface area contributed by atoms with Gasteiger partial charge in [-0.05, 0) is 62.5 Å². The molecule has 1 fully saturated rings. The van der Waals surface area contributed by atoms with Crippen molar-refractivity contribution in [3.8, 4) is 0 Å². The molecule has 0 radical (unpaired) electrons. The number of fused-ring (bicyclic) bond motifs is 5. The van der Waals surface area contributed by atoms with Crippen molar-refractivity contribution in [3.05, 3.63) is 23.1 Å². The van der Waals surface area contributed by atoms with Crippen LogP contribution in [0.2, 0.25) is 0 Å². The highest BCUT2D eigenvalue weighted by molar-refractivity contribution is 7.26. The molecule has 136 valence electrons. The van der Waals surface area contributed by atoms with E-state index in [1.54, 1.807) is 17.7 Å². The monoisotopic (exact) mass is 366 g/mol. The molecule has 5 rings (SSSR count). The van der Waals surface area contributed by atoms with Crippen LogP contribution >= 0.6 is 11.3 Å². The van der Waals surface area contributed by atoms with Gasteiger partial charge >= 0.3 is 0 Å². The van der Waals surface area contributed by atoms with Crippen molar-refractivity contribution >= 4 is 37.6 Å². The summed E-state index contributed by atoms with van der Waals surface area (Å²) in [6.07, 6.45) is 9.18. The van der Waals surface area contributed by atoms with Crippen molar-refractivity contribution in [3.63, 3.8) is 0 Å². The van der Waals surface area contributed by atoms with Gasteiger partial charge in [-0.25, -0.2) is 15.0 Å². The molecule has 0 aromatic carbocycles. The quantitative estimate of drug-likeness (QED) is 0.623. The van der Waals surface area contributed by atoms with E-state index >= 15 is 0 Å². The first-order chi connectivity index (χ1) is 12.6. The van der Waals surface area contributed by atoms with Crippen molar-refractivity contribution in [2.75, 3.05) is 11.4 Å². The molecule has 0 saturated carbocycles. The summed E-state index contributed by atoms with van der Waals surface area (Å²) in [5.74, 6) is 1.60. The first-order valence-electron chi connectivity index (χ1n) is 10.0. The number of aryl methyl sites for hydroxylation is 1. The average Bonchev–Trinajstić information content (AvgIpc) is 3.25. The third-order valence-electron chi connectivity index (χ3n) is 6.11. The van der Waals surface area contributed by atoms with Gasteiger partial charge in [-0.15, -0.1) is 11.3 Å². The zero-order valence-electron chi connectivity index (χ0n) is 15.9. The molecule has 5 heteroatoms. The predicted molar refractivity (Wildman–Crippen MR) is 109 cm³/mol. The minimum atomic E-state index is 0.476. The summed E-state index contributed by atoms with van der Waals surface area (Å²) in [5.41, 5.74) is 5.45. The van der Waals surface area contributed by atoms with Gasteiger partial charge in [0.15, 0.2) is 0 Å². The lowest BCUT2D eigenvalue weighted by molar-refractivity contribution is 0.482. The van der Waals surface area contributed by atoms with Crippen LogP contribution in [0.15, 0.2) is 6.33 Å². The molecule has 1 aliphatic carbocycles. The molecule has 0 amide bonds. The summed E-state index contributed by atoms with van der Waals surface area (Å²) in [4.78, 5) is 18.2. The minimum Gasteiger partial charge on any atom is -0.353 e. The Labute approximate surface area is 158 Å². The van der Waals surface area contributed by atoms with Crippen LogP contribution in [-0.2, 0) is 12.8 Å². The fourth-order valence-electron chi connectivity index (χ4n) is 4.81. The summed E-state index contributed by atoms with van der Waals surface area (Å²) in [5, 5.41) is 1.32. The van der Waals surface area contributed by atoms with Gasteiger partial charge in [-0.1, -0.05) is 13.8 Å². The van der Waals surface area contributed by atoms with Crippen LogP contribution in [0, 0.1) is 0 Å². The Hall–Kier alpha value is -1.75. The van der Waals surface area contributed by atoms with E-state index in [-0.39, 0.29) is 0 Å². The van der Waals surface area contributed by atoms with Gasteiger partial charge in [0.05, 0.1) is 10.2 Å². The van der Waals surface area contributed by atoms with Crippen LogP contribution in [0.25, 0.3) is 20.4 Å². The molecule has 3 aromatic rings. The van der Waals surface area contributed by atoms with Crippen molar-refractivity contribution < 1.29 is 0 Å². The average molecular weight is 367 g/mol. The number of pyridine rings is 1. The van der Waals surface area contributed by atoms with E-state index in [2.05, 4.69) is 25.7 Å². The molecule has 1 saturated heterocycles. The molecule has 0 bridgehead atoms. The lowest BCUT2D eigenvalue weighted by Gasteiger charge is -2.34. The second kappa shape index (κ2) is 6.15. The molecule has 26 heavy (non-hydrogen) atoms. The zero-order valence-corrected chi connectivity index (χ0v) is 16.7. The second-order valence-electron chi connectivity index (χ2n) is 8.16. The number of hydrogen-bond donors (Lipinski definition) is 0. The van der Waals surface area contributed by atoms with Crippen molar-refractivity contribution in [1.82, 2.24) is 15.0 Å². The number of hydrogen-bond acceptors (Lipinski definition) is 5. The van der Waals surface area contributed by atoms with Crippen molar-refractivity contribution in [2.24, 2.45) is 0 Å². The third-order valence-corrected chi connectivity index (χ3v) is 7.18. The maximum absolute atomic E-state index is 5.12. The Morgan fingerprint density at radius 3 is 2.77 bits per heavy atom. The molecular formula is C21H26N4S. The van der Waals surface area contributed by atoms with Gasteiger partial charge in [0.25, 0.3) is 0 Å². The van der Waals surface area contributed by atoms with E-state index in [4.69, 9.17) is 15.0 Å². The fourth-order valence-corrected chi connectivity index (χ4v) is 5.98. The van der Waals surface area contributed by atoms with Crippen LogP contribution in [0.3, 0.4) is 0 Å². The van der Waals surface area contributed by atoms with Crippen molar-refractivity contribution in [1.29, 1.82) is 0 Å². The van der Waals surface area contributed by atoms with Gasteiger partial charge in [-0.3, -0.25) is 0 Å². The highest BCUT2D eigenvalue weighted by Gasteiger charge is 2.27. The second-order valence-corrected chi connectivity index (χ2v) is 9.16. The van der Waals surface area contributed by atoms with E-state index in [9.17, 15) is 0 Å². The van der Waals surface area contributed by atoms with E-state index < -0.39 is 0 Å². The van der Waals surface area contributed by atoms with Crippen LogP contribution in [0.1, 0.15) is 69.2 Å². The van der Waals surface area contributed by atoms with E-state index in [0.29, 0.717) is 12.0 Å². The Morgan fingerprint density at radius 2 is 1.96 bits per heavy atom. The van der Waals surface area contributed by atoms with Crippen LogP contribution in [0.4, 0.5) is 5.82 Å². The molecule has 2 aliphatic rings. The molecule has 4 nitrogen and oxygen atoms in total. The maximum atomic E-state index is 5.12. The Kier molecular flexibility index (Phi) is 3.89. The largest absolute Gasteiger partial charge is 0.353 e. The first-order valence-corrected chi connectivity index (χ1v) is 10.8. The maximum Gasteiger partial charge on any atom is 0.150 e. The zero-order chi connectivity index (χ0) is 17.8. The SMILES string of the molecule is CC(C)c1nc2sc3c(N4CCCC[C@H]4C)ncnc3c2c2c1CCC2. The summed E-state index contributed by atoms with van der Waals surface area (Å²) < 4.78 is 1.23. The van der Waals surface area contributed by atoms with Gasteiger partial charge in [0, 0.05) is 23.7 Å². The summed E-state index contributed by atoms with van der Waals surface area (Å²) in [6, 6.07) is 0.553. The number of aromatic nitrogens is 3. The van der Waals surface area contributed by atoms with Gasteiger partial charge in [-0.2, -0.15) is 0 Å². The standard InChI is InChI=1S/C21H26N4S/c1-12(2)17-15-9-6-8-14(15)16-18-19(26-21(16)24-17)20(23-11-22-18)25-10-5-4-7-13(25)3/h11-13H,4-10H2,1-3H3/t13-/m1/s1. The molecular weight excluding hydrogens is 340 g/mol. The number of piperidine rings is 1. The Morgan fingerprint density at radius 1 is 1.12 bits per heavy atom. The number of rotatable bonds is 2. The smallest absolute Gasteiger partial charge is 0.150 e. The van der Waals surface area contributed by atoms with E-state index in [1.165, 1.54) is 65.4 Å². The summed E-state index contributed by atoms with van der Waals surface area (Å²) >= 11 is 1.80. The number of nitrogens with zero attached hydrogens (tertiary/aromatic N) is 4. The first kappa shape index (κ1) is 16.4. The summed E-state index contributed by atoms with van der Waals surface area (Å²) in [7, 11) is 0. The number of anilines is 1. The van der Waals surface area contributed by atoms with Gasteiger partial charge in [0.2, 0.25) is 0 Å². The summed E-state index contributed by atoms with van der Waals surface area (Å²) in [6.45, 7) is 7.96. The molecule has 1 aliphatic heterocycles. The molecule has 0 unspecified atom stereocenters. The fraction of sp³-hybridized carbons (Fsp3) is 0.571. The van der Waals surface area contributed by atoms with Crippen LogP contribution in [-0.4, -0.2) is 27.5 Å². The van der Waals surface area contributed by atoms with E-state index in [0.717, 1.165) is 22.7 Å². The highest BCUT2D eigenvalue weighted by atomic mass is 32.1. The van der Waals surface area contributed by atoms with E-state index in [1.807, 2.05) is 0 Å². The molecule has 0 spiro atoms. The third kappa shape index (κ3) is 2.36. The van der Waals surface area contributed by atoms with Gasteiger partial charge in [0.1, 0.15) is 17.0 Å². The molecule has 4 heterocycles. The lowest BCUT2D eigenvalue weighted by Crippen LogP contribution is -2.38. The lowest BCUT2D eigenvalue weighted by atomic mass is 9.99. The minimum absolute atomic E-state index is 0.476. The normalized spacial score (nSPS) is 20.5. The molecule has 0 N–H and O–H groups in total. The highest BCUT2D eigenvalue weighted by Crippen LogP contribution is 2.43. The Bertz CT molecular complexity index is 991. The topological polar surface area (TPSA) is 41.9 Å². The van der Waals surface area contributed by atoms with Gasteiger partial charge < -0.3 is 4.90 Å². The predicted octanol–water partition coefficient (Wildman–Crippen LogP) is 5.23.